The zero-order valence-electron chi connectivity index (χ0n) is 9.30. The van der Waals surface area contributed by atoms with E-state index in [-0.39, 0.29) is 10.8 Å². The highest BCUT2D eigenvalue weighted by molar-refractivity contribution is 9.11. The summed E-state index contributed by atoms with van der Waals surface area (Å²) in [6.45, 7) is 3.45. The number of sulfonamides is 1. The quantitative estimate of drug-likeness (QED) is 0.780. The van der Waals surface area contributed by atoms with Crippen molar-refractivity contribution in [1.82, 2.24) is 4.72 Å². The summed E-state index contributed by atoms with van der Waals surface area (Å²) >= 11 is 12.2. The maximum Gasteiger partial charge on any atom is 0.242 e. The summed E-state index contributed by atoms with van der Waals surface area (Å²) in [6.07, 6.45) is 0. The molecule has 0 aliphatic rings. The van der Waals surface area contributed by atoms with Crippen molar-refractivity contribution in [2.75, 3.05) is 5.88 Å². The van der Waals surface area contributed by atoms with Crippen LogP contribution in [0.4, 0.5) is 0 Å². The number of rotatable bonds is 4. The van der Waals surface area contributed by atoms with Crippen LogP contribution in [0, 0.1) is 0 Å². The minimum Gasteiger partial charge on any atom is -0.207 e. The Morgan fingerprint density at radius 2 is 1.94 bits per heavy atom. The summed E-state index contributed by atoms with van der Waals surface area (Å²) < 4.78 is 28.1. The van der Waals surface area contributed by atoms with E-state index in [9.17, 15) is 8.42 Å². The highest BCUT2D eigenvalue weighted by Gasteiger charge is 2.26. The van der Waals surface area contributed by atoms with Gasteiger partial charge in [0.05, 0.1) is 4.90 Å². The van der Waals surface area contributed by atoms with Gasteiger partial charge < -0.3 is 0 Å². The van der Waals surface area contributed by atoms with Gasteiger partial charge in [-0.1, -0.05) is 15.9 Å². The Labute approximate surface area is 123 Å². The fraction of sp³-hybridized carbons (Fsp3) is 0.400. The smallest absolute Gasteiger partial charge is 0.207 e. The van der Waals surface area contributed by atoms with Gasteiger partial charge in [-0.05, 0) is 48.0 Å². The molecule has 1 rings (SSSR count). The van der Waals surface area contributed by atoms with Crippen LogP contribution in [-0.2, 0) is 10.0 Å². The third kappa shape index (κ3) is 4.21. The molecule has 96 valence electrons. The molecule has 7 heteroatoms. The van der Waals surface area contributed by atoms with Gasteiger partial charge in [-0.3, -0.25) is 0 Å². The van der Waals surface area contributed by atoms with Crippen LogP contribution in [0.1, 0.15) is 13.8 Å². The average Bonchev–Trinajstić information content (AvgIpc) is 2.20. The van der Waals surface area contributed by atoms with E-state index < -0.39 is 15.6 Å². The van der Waals surface area contributed by atoms with Crippen LogP contribution in [-0.4, -0.2) is 19.8 Å². The summed E-state index contributed by atoms with van der Waals surface area (Å²) in [5.41, 5.74) is -0.692. The largest absolute Gasteiger partial charge is 0.242 e. The fourth-order valence-corrected chi connectivity index (χ4v) is 4.19. The molecular formula is C10H12Br2ClNO2S. The second-order valence-electron chi connectivity index (χ2n) is 4.20. The lowest BCUT2D eigenvalue weighted by Gasteiger charge is -2.23. The van der Waals surface area contributed by atoms with Crippen LogP contribution in [0.5, 0.6) is 0 Å². The van der Waals surface area contributed by atoms with E-state index in [1.165, 1.54) is 6.07 Å². The number of hydrogen-bond donors (Lipinski definition) is 1. The summed E-state index contributed by atoms with van der Waals surface area (Å²) in [7, 11) is -3.59. The average molecular weight is 406 g/mol. The first-order valence-electron chi connectivity index (χ1n) is 4.73. The number of alkyl halides is 1. The summed E-state index contributed by atoms with van der Waals surface area (Å²) in [4.78, 5) is 0.185. The highest BCUT2D eigenvalue weighted by Crippen LogP contribution is 2.26. The minimum absolute atomic E-state index is 0.185. The van der Waals surface area contributed by atoms with Crippen LogP contribution in [0.2, 0.25) is 0 Å². The second-order valence-corrected chi connectivity index (χ2v) is 7.89. The molecule has 0 saturated carbocycles. The summed E-state index contributed by atoms with van der Waals surface area (Å²) in [5, 5.41) is 0. The van der Waals surface area contributed by atoms with Crippen LogP contribution in [0.3, 0.4) is 0 Å². The maximum absolute atomic E-state index is 12.2. The van der Waals surface area contributed by atoms with Crippen molar-refractivity contribution in [3.05, 3.63) is 27.1 Å². The van der Waals surface area contributed by atoms with E-state index in [0.717, 1.165) is 0 Å². The number of hydrogen-bond acceptors (Lipinski definition) is 2. The van der Waals surface area contributed by atoms with Gasteiger partial charge in [0.15, 0.2) is 0 Å². The molecule has 0 heterocycles. The Hall–Kier alpha value is 0.380. The number of halogens is 3. The van der Waals surface area contributed by atoms with Crippen molar-refractivity contribution in [1.29, 1.82) is 0 Å². The molecular weight excluding hydrogens is 393 g/mol. The molecule has 0 bridgehead atoms. The van der Waals surface area contributed by atoms with E-state index in [1.54, 1.807) is 26.0 Å². The predicted octanol–water partition coefficient (Wildman–Crippen LogP) is 3.51. The monoisotopic (exact) mass is 403 g/mol. The van der Waals surface area contributed by atoms with E-state index in [2.05, 4.69) is 36.6 Å². The lowest BCUT2D eigenvalue weighted by atomic mass is 10.1. The molecule has 0 saturated heterocycles. The first-order chi connectivity index (χ1) is 7.68. The first-order valence-corrected chi connectivity index (χ1v) is 8.33. The molecule has 0 aromatic heterocycles. The van der Waals surface area contributed by atoms with Crippen molar-refractivity contribution in [3.8, 4) is 0 Å². The molecule has 1 N–H and O–H groups in total. The van der Waals surface area contributed by atoms with E-state index in [1.807, 2.05) is 0 Å². The van der Waals surface area contributed by atoms with Crippen molar-refractivity contribution < 1.29 is 8.42 Å². The lowest BCUT2D eigenvalue weighted by Crippen LogP contribution is -2.44. The molecule has 0 amide bonds. The Kier molecular flexibility index (Phi) is 5.06. The molecule has 0 aliphatic carbocycles. The minimum atomic E-state index is -3.59. The van der Waals surface area contributed by atoms with Gasteiger partial charge in [-0.2, -0.15) is 0 Å². The van der Waals surface area contributed by atoms with Gasteiger partial charge in [0.25, 0.3) is 0 Å². The molecule has 0 fully saturated rings. The maximum atomic E-state index is 12.2. The standard InChI is InChI=1S/C10H12Br2ClNO2S/c1-10(2,6-13)14-17(15,16)9-5-7(11)3-4-8(9)12/h3-5,14H,6H2,1-2H3. The van der Waals surface area contributed by atoms with Crippen molar-refractivity contribution in [2.24, 2.45) is 0 Å². The zero-order chi connectivity index (χ0) is 13.3. The van der Waals surface area contributed by atoms with E-state index in [0.29, 0.717) is 8.95 Å². The molecule has 0 radical (unpaired) electrons. The van der Waals surface area contributed by atoms with Crippen molar-refractivity contribution in [2.45, 2.75) is 24.3 Å². The van der Waals surface area contributed by atoms with Gasteiger partial charge >= 0.3 is 0 Å². The van der Waals surface area contributed by atoms with Crippen LogP contribution < -0.4 is 4.72 Å². The molecule has 0 spiro atoms. The summed E-state index contributed by atoms with van der Waals surface area (Å²) in [5.74, 6) is 0.192. The van der Waals surface area contributed by atoms with Gasteiger partial charge in [0.1, 0.15) is 0 Å². The van der Waals surface area contributed by atoms with Crippen LogP contribution >= 0.6 is 43.5 Å². The fourth-order valence-electron chi connectivity index (χ4n) is 1.13. The van der Waals surface area contributed by atoms with Crippen LogP contribution in [0.15, 0.2) is 32.0 Å². The Morgan fingerprint density at radius 3 is 2.47 bits per heavy atom. The highest BCUT2D eigenvalue weighted by atomic mass is 79.9. The Bertz CT molecular complexity index is 517. The molecule has 17 heavy (non-hydrogen) atoms. The molecule has 1 aromatic rings. The molecule has 0 unspecified atom stereocenters. The van der Waals surface area contributed by atoms with Crippen molar-refractivity contribution in [3.63, 3.8) is 0 Å². The lowest BCUT2D eigenvalue weighted by molar-refractivity contribution is 0.495. The number of benzene rings is 1. The third-order valence-corrected chi connectivity index (χ3v) is 5.78. The Morgan fingerprint density at radius 1 is 1.35 bits per heavy atom. The van der Waals surface area contributed by atoms with E-state index >= 15 is 0 Å². The zero-order valence-corrected chi connectivity index (χ0v) is 14.0. The van der Waals surface area contributed by atoms with E-state index in [4.69, 9.17) is 11.6 Å². The Balaban J connectivity index is 3.18. The molecule has 0 aliphatic heterocycles. The topological polar surface area (TPSA) is 46.2 Å². The predicted molar refractivity (Wildman–Crippen MR) is 77.0 cm³/mol. The SMILES string of the molecule is CC(C)(CCl)NS(=O)(=O)c1cc(Br)ccc1Br. The van der Waals surface area contributed by atoms with Crippen LogP contribution in [0.25, 0.3) is 0 Å². The van der Waals surface area contributed by atoms with Gasteiger partial charge in [0, 0.05) is 20.4 Å². The van der Waals surface area contributed by atoms with Gasteiger partial charge in [0.2, 0.25) is 10.0 Å². The first kappa shape index (κ1) is 15.4. The molecule has 0 atom stereocenters. The van der Waals surface area contributed by atoms with Crippen molar-refractivity contribution >= 4 is 53.5 Å². The van der Waals surface area contributed by atoms with Gasteiger partial charge in [-0.25, -0.2) is 13.1 Å². The second kappa shape index (κ2) is 5.57. The summed E-state index contributed by atoms with van der Waals surface area (Å²) in [6, 6.07) is 4.97. The third-order valence-electron chi connectivity index (χ3n) is 1.93. The van der Waals surface area contributed by atoms with Gasteiger partial charge in [-0.15, -0.1) is 11.6 Å². The number of nitrogens with one attached hydrogen (secondary N) is 1. The normalized spacial score (nSPS) is 12.8. The molecule has 3 nitrogen and oxygen atoms in total. The molecule has 1 aromatic carbocycles.